The van der Waals surface area contributed by atoms with Gasteiger partial charge in [-0.25, -0.2) is 9.98 Å². The van der Waals surface area contributed by atoms with E-state index in [0.717, 1.165) is 29.2 Å². The van der Waals surface area contributed by atoms with E-state index in [4.69, 9.17) is 4.74 Å². The number of aryl methyl sites for hydroxylation is 1. The van der Waals surface area contributed by atoms with Crippen LogP contribution in [0.25, 0.3) is 0 Å². The number of thiazole rings is 1. The standard InChI is InChI=1S/C20H27N5O2S.HI/c1-4-14-11-21-18(28-14)12-22-20(23-13-19(26)25(2)3)24-16-9-10-27-17-8-6-5-7-15(16)17;/h5-8,11,16H,4,9-10,12-13H2,1-3H3,(H2,22,23,24);1H. The molecule has 0 fully saturated rings. The maximum Gasteiger partial charge on any atom is 0.243 e. The zero-order chi connectivity index (χ0) is 19.9. The zero-order valence-electron chi connectivity index (χ0n) is 17.0. The third-order valence-electron chi connectivity index (χ3n) is 4.50. The number of guanidine groups is 1. The van der Waals surface area contributed by atoms with Crippen molar-refractivity contribution in [3.05, 3.63) is 45.9 Å². The van der Waals surface area contributed by atoms with E-state index in [9.17, 15) is 4.79 Å². The summed E-state index contributed by atoms with van der Waals surface area (Å²) in [5, 5.41) is 7.78. The lowest BCUT2D eigenvalue weighted by atomic mass is 10.0. The van der Waals surface area contributed by atoms with Crippen molar-refractivity contribution in [2.24, 2.45) is 4.99 Å². The van der Waals surface area contributed by atoms with Gasteiger partial charge in [0.25, 0.3) is 0 Å². The Hall–Kier alpha value is -1.88. The van der Waals surface area contributed by atoms with Crippen LogP contribution in [0.5, 0.6) is 5.75 Å². The second kappa shape index (κ2) is 11.3. The number of benzene rings is 1. The van der Waals surface area contributed by atoms with Crippen molar-refractivity contribution in [1.82, 2.24) is 20.5 Å². The topological polar surface area (TPSA) is 78.9 Å². The summed E-state index contributed by atoms with van der Waals surface area (Å²) >= 11 is 1.69. The number of amides is 1. The van der Waals surface area contributed by atoms with Crippen LogP contribution in [0.15, 0.2) is 35.5 Å². The normalized spacial score (nSPS) is 15.6. The fourth-order valence-electron chi connectivity index (χ4n) is 2.85. The van der Waals surface area contributed by atoms with E-state index in [2.05, 4.69) is 33.6 Å². The van der Waals surface area contributed by atoms with Gasteiger partial charge in [-0.05, 0) is 12.5 Å². The minimum absolute atomic E-state index is 0. The SMILES string of the molecule is CCc1cnc(CNC(=NCC(=O)N(C)C)NC2CCOc3ccccc32)s1.I. The molecule has 0 saturated heterocycles. The minimum Gasteiger partial charge on any atom is -0.493 e. The molecule has 1 aliphatic rings. The Morgan fingerprint density at radius 3 is 2.90 bits per heavy atom. The average Bonchev–Trinajstić information content (AvgIpc) is 3.18. The molecule has 2 N–H and O–H groups in total. The lowest BCUT2D eigenvalue weighted by Crippen LogP contribution is -2.41. The van der Waals surface area contributed by atoms with Crippen LogP contribution in [0.3, 0.4) is 0 Å². The van der Waals surface area contributed by atoms with Crippen LogP contribution in [0.1, 0.15) is 34.8 Å². The highest BCUT2D eigenvalue weighted by Crippen LogP contribution is 2.31. The van der Waals surface area contributed by atoms with Crippen LogP contribution in [-0.2, 0) is 17.8 Å². The van der Waals surface area contributed by atoms with Gasteiger partial charge in [0.1, 0.15) is 17.3 Å². The van der Waals surface area contributed by atoms with Crippen molar-refractivity contribution in [2.45, 2.75) is 32.4 Å². The third-order valence-corrected chi connectivity index (χ3v) is 5.64. The van der Waals surface area contributed by atoms with Crippen molar-refractivity contribution in [3.8, 4) is 5.75 Å². The van der Waals surface area contributed by atoms with Crippen molar-refractivity contribution >= 4 is 47.2 Å². The molecule has 1 amide bonds. The number of aliphatic imine (C=N–C) groups is 1. The molecule has 1 aliphatic heterocycles. The number of hydrogen-bond acceptors (Lipinski definition) is 5. The van der Waals surface area contributed by atoms with Crippen LogP contribution < -0.4 is 15.4 Å². The van der Waals surface area contributed by atoms with E-state index in [1.165, 1.54) is 4.88 Å². The van der Waals surface area contributed by atoms with E-state index >= 15 is 0 Å². The van der Waals surface area contributed by atoms with Crippen LogP contribution in [0.2, 0.25) is 0 Å². The summed E-state index contributed by atoms with van der Waals surface area (Å²) in [5.41, 5.74) is 1.10. The molecule has 0 bridgehead atoms. The van der Waals surface area contributed by atoms with Gasteiger partial charge in [0.15, 0.2) is 5.96 Å². The Kier molecular flexibility index (Phi) is 9.15. The first-order valence-electron chi connectivity index (χ1n) is 9.47. The Balaban J connectivity index is 0.00000300. The second-order valence-electron chi connectivity index (χ2n) is 6.75. The van der Waals surface area contributed by atoms with E-state index in [-0.39, 0.29) is 42.5 Å². The van der Waals surface area contributed by atoms with Crippen molar-refractivity contribution < 1.29 is 9.53 Å². The van der Waals surface area contributed by atoms with Gasteiger partial charge in [-0.15, -0.1) is 35.3 Å². The number of carbonyl (C=O) groups excluding carboxylic acids is 1. The number of nitrogens with one attached hydrogen (secondary N) is 2. The predicted octanol–water partition coefficient (Wildman–Crippen LogP) is 2.97. The Morgan fingerprint density at radius 1 is 1.38 bits per heavy atom. The highest BCUT2D eigenvalue weighted by molar-refractivity contribution is 14.0. The molecular weight excluding hydrogens is 501 g/mol. The Bertz CT molecular complexity index is 840. The highest BCUT2D eigenvalue weighted by atomic mass is 127. The largest absolute Gasteiger partial charge is 0.493 e. The van der Waals surface area contributed by atoms with Gasteiger partial charge in [-0.3, -0.25) is 4.79 Å². The fraction of sp³-hybridized carbons (Fsp3) is 0.450. The fourth-order valence-corrected chi connectivity index (χ4v) is 3.65. The molecule has 2 aromatic rings. The number of carbonyl (C=O) groups is 1. The van der Waals surface area contributed by atoms with Crippen molar-refractivity contribution in [2.75, 3.05) is 27.2 Å². The summed E-state index contributed by atoms with van der Waals surface area (Å²) < 4.78 is 5.74. The number of fused-ring (bicyclic) bond motifs is 1. The summed E-state index contributed by atoms with van der Waals surface area (Å²) in [6.45, 7) is 3.42. The van der Waals surface area contributed by atoms with E-state index in [0.29, 0.717) is 19.1 Å². The van der Waals surface area contributed by atoms with Gasteiger partial charge in [-0.2, -0.15) is 0 Å². The first-order chi connectivity index (χ1) is 13.6. The molecule has 1 aromatic carbocycles. The minimum atomic E-state index is -0.0454. The molecule has 1 aromatic heterocycles. The highest BCUT2D eigenvalue weighted by Gasteiger charge is 2.22. The van der Waals surface area contributed by atoms with Crippen LogP contribution >= 0.6 is 35.3 Å². The molecule has 1 atom stereocenters. The van der Waals surface area contributed by atoms with Crippen LogP contribution in [0, 0.1) is 0 Å². The van der Waals surface area contributed by atoms with Crippen LogP contribution in [-0.4, -0.2) is 49.0 Å². The quantitative estimate of drug-likeness (QED) is 0.342. The number of halogens is 1. The van der Waals surface area contributed by atoms with E-state index in [1.807, 2.05) is 24.4 Å². The number of nitrogens with zero attached hydrogens (tertiary/aromatic N) is 3. The lowest BCUT2D eigenvalue weighted by Gasteiger charge is -2.28. The molecule has 7 nitrogen and oxygen atoms in total. The smallest absolute Gasteiger partial charge is 0.243 e. The average molecular weight is 529 g/mol. The first-order valence-corrected chi connectivity index (χ1v) is 10.3. The number of aromatic nitrogens is 1. The summed E-state index contributed by atoms with van der Waals surface area (Å²) in [6.07, 6.45) is 3.72. The second-order valence-corrected chi connectivity index (χ2v) is 7.95. The molecule has 0 spiro atoms. The molecule has 3 rings (SSSR count). The molecule has 0 radical (unpaired) electrons. The summed E-state index contributed by atoms with van der Waals surface area (Å²) in [7, 11) is 3.46. The predicted molar refractivity (Wildman–Crippen MR) is 127 cm³/mol. The van der Waals surface area contributed by atoms with Gasteiger partial charge in [0.2, 0.25) is 5.91 Å². The van der Waals surface area contributed by atoms with Gasteiger partial charge in [0.05, 0.1) is 19.2 Å². The van der Waals surface area contributed by atoms with Gasteiger partial charge >= 0.3 is 0 Å². The molecular formula is C20H28IN5O2S. The van der Waals surface area contributed by atoms with E-state index in [1.54, 1.807) is 30.3 Å². The van der Waals surface area contributed by atoms with Crippen molar-refractivity contribution in [3.63, 3.8) is 0 Å². The number of rotatable bonds is 6. The number of ether oxygens (including phenoxy) is 1. The zero-order valence-corrected chi connectivity index (χ0v) is 20.1. The van der Waals surface area contributed by atoms with Gasteiger partial charge < -0.3 is 20.3 Å². The summed E-state index contributed by atoms with van der Waals surface area (Å²) in [4.78, 5) is 23.7. The lowest BCUT2D eigenvalue weighted by molar-refractivity contribution is -0.127. The summed E-state index contributed by atoms with van der Waals surface area (Å²) in [5.74, 6) is 1.45. The number of hydrogen-bond donors (Lipinski definition) is 2. The maximum absolute atomic E-state index is 12.0. The maximum atomic E-state index is 12.0. The molecule has 1 unspecified atom stereocenters. The number of likely N-dealkylation sites (N-methyl/N-ethyl adjacent to an activating group) is 1. The van der Waals surface area contributed by atoms with E-state index < -0.39 is 0 Å². The van der Waals surface area contributed by atoms with Crippen molar-refractivity contribution in [1.29, 1.82) is 0 Å². The molecule has 0 saturated carbocycles. The monoisotopic (exact) mass is 529 g/mol. The number of para-hydroxylation sites is 1. The Morgan fingerprint density at radius 2 is 2.17 bits per heavy atom. The van der Waals surface area contributed by atoms with Crippen LogP contribution in [0.4, 0.5) is 0 Å². The van der Waals surface area contributed by atoms with Gasteiger partial charge in [-0.1, -0.05) is 25.1 Å². The van der Waals surface area contributed by atoms with Gasteiger partial charge in [0, 0.05) is 37.2 Å². The Labute approximate surface area is 193 Å². The molecule has 9 heteroatoms. The first kappa shape index (κ1) is 23.4. The molecule has 158 valence electrons. The summed E-state index contributed by atoms with van der Waals surface area (Å²) in [6, 6.07) is 8.09. The molecule has 29 heavy (non-hydrogen) atoms. The molecule has 0 aliphatic carbocycles. The molecule has 2 heterocycles. The third kappa shape index (κ3) is 6.56.